The van der Waals surface area contributed by atoms with E-state index in [4.69, 9.17) is 9.47 Å². The lowest BCUT2D eigenvalue weighted by molar-refractivity contribution is -0.136. The van der Waals surface area contributed by atoms with Gasteiger partial charge in [-0.25, -0.2) is 19.2 Å². The second-order valence-corrected chi connectivity index (χ2v) is 5.02. The van der Waals surface area contributed by atoms with E-state index in [0.29, 0.717) is 0 Å². The third kappa shape index (κ3) is 5.88. The smallest absolute Gasteiger partial charge is 0.417 e. The number of benzene rings is 2. The number of aliphatic carboxylic acids is 2. The number of amides is 2. The second kappa shape index (κ2) is 9.38. The monoisotopic (exact) mass is 386 g/mol. The van der Waals surface area contributed by atoms with Crippen molar-refractivity contribution in [2.75, 3.05) is 0 Å². The van der Waals surface area contributed by atoms with Gasteiger partial charge in [-0.2, -0.15) is 0 Å². The van der Waals surface area contributed by atoms with E-state index in [-0.39, 0.29) is 11.5 Å². The first kappa shape index (κ1) is 20.0. The number of hydrogen-bond donors (Lipinski definition) is 4. The van der Waals surface area contributed by atoms with Crippen LogP contribution in [0.4, 0.5) is 9.59 Å². The average Bonchev–Trinajstić information content (AvgIpc) is 2.65. The maximum Gasteiger partial charge on any atom is 0.417 e. The van der Waals surface area contributed by atoms with Gasteiger partial charge in [0.15, 0.2) is 11.4 Å². The summed E-state index contributed by atoms with van der Waals surface area (Å²) in [6, 6.07) is 15.3. The summed E-state index contributed by atoms with van der Waals surface area (Å²) in [7, 11) is 0. The van der Waals surface area contributed by atoms with Crippen LogP contribution in [0.15, 0.2) is 72.1 Å². The third-order valence-corrected chi connectivity index (χ3v) is 3.04. The Hall–Kier alpha value is -4.34. The molecule has 28 heavy (non-hydrogen) atoms. The van der Waals surface area contributed by atoms with E-state index in [2.05, 4.69) is 0 Å². The molecule has 0 spiro atoms. The number of carboxylic acid groups (broad SMARTS) is 2. The molecule has 2 aromatic rings. The average molecular weight is 386 g/mol. The Morgan fingerprint density at radius 1 is 0.607 bits per heavy atom. The van der Waals surface area contributed by atoms with E-state index in [1.54, 1.807) is 47.0 Å². The Morgan fingerprint density at radius 3 is 1.21 bits per heavy atom. The van der Waals surface area contributed by atoms with Gasteiger partial charge in [-0.15, -0.1) is 0 Å². The van der Waals surface area contributed by atoms with Gasteiger partial charge >= 0.3 is 24.1 Å². The molecule has 0 unspecified atom stereocenters. The van der Waals surface area contributed by atoms with E-state index < -0.39 is 35.5 Å². The Labute approximate surface area is 158 Å². The number of rotatable bonds is 6. The quantitative estimate of drug-likeness (QED) is 0.550. The molecule has 0 aromatic heterocycles. The van der Waals surface area contributed by atoms with Crippen molar-refractivity contribution in [3.8, 4) is 11.5 Å². The lowest BCUT2D eigenvalue weighted by Gasteiger charge is -2.12. The highest BCUT2D eigenvalue weighted by atomic mass is 16.6. The van der Waals surface area contributed by atoms with Crippen LogP contribution in [0.1, 0.15) is 0 Å². The predicted molar refractivity (Wildman–Crippen MR) is 93.5 cm³/mol. The number of carbonyl (C=O) groups excluding carboxylic acids is 2. The second-order valence-electron chi connectivity index (χ2n) is 5.02. The summed E-state index contributed by atoms with van der Waals surface area (Å²) in [5.41, 5.74) is -2.23. The maximum absolute atomic E-state index is 11.9. The molecule has 0 atom stereocenters. The predicted octanol–water partition coefficient (Wildman–Crippen LogP) is 1.94. The van der Waals surface area contributed by atoms with Crippen molar-refractivity contribution in [1.82, 2.24) is 10.6 Å². The molecular formula is C18H14N2O8. The SMILES string of the molecule is O=C(N/C(C(=O)O)=C(/NC(=O)Oc1ccccc1)C(=O)O)Oc1ccccc1. The van der Waals surface area contributed by atoms with Crippen molar-refractivity contribution in [2.24, 2.45) is 0 Å². The van der Waals surface area contributed by atoms with E-state index in [1.807, 2.05) is 0 Å². The van der Waals surface area contributed by atoms with Crippen molar-refractivity contribution in [3.63, 3.8) is 0 Å². The lowest BCUT2D eigenvalue weighted by atomic mass is 10.3. The summed E-state index contributed by atoms with van der Waals surface area (Å²) in [4.78, 5) is 46.5. The van der Waals surface area contributed by atoms with Crippen LogP contribution < -0.4 is 20.1 Å². The Morgan fingerprint density at radius 2 is 0.929 bits per heavy atom. The zero-order valence-corrected chi connectivity index (χ0v) is 14.1. The lowest BCUT2D eigenvalue weighted by Crippen LogP contribution is -2.38. The molecule has 0 aliphatic rings. The summed E-state index contributed by atoms with van der Waals surface area (Å²) in [6.45, 7) is 0. The number of carboxylic acids is 2. The number of nitrogens with one attached hydrogen (secondary N) is 2. The summed E-state index contributed by atoms with van der Waals surface area (Å²) in [5, 5.41) is 22.0. The molecule has 2 aromatic carbocycles. The Bertz CT molecular complexity index is 834. The van der Waals surface area contributed by atoms with Crippen LogP contribution in [-0.4, -0.2) is 34.3 Å². The van der Waals surface area contributed by atoms with Crippen LogP contribution in [0.5, 0.6) is 11.5 Å². The first-order valence-corrected chi connectivity index (χ1v) is 7.65. The van der Waals surface area contributed by atoms with Crippen LogP contribution >= 0.6 is 0 Å². The van der Waals surface area contributed by atoms with Crippen LogP contribution in [0.2, 0.25) is 0 Å². The van der Waals surface area contributed by atoms with Crippen molar-refractivity contribution in [1.29, 1.82) is 0 Å². The number of hydrogen-bond acceptors (Lipinski definition) is 6. The van der Waals surface area contributed by atoms with E-state index in [9.17, 15) is 29.4 Å². The molecule has 2 amide bonds. The molecule has 10 nitrogen and oxygen atoms in total. The first-order valence-electron chi connectivity index (χ1n) is 7.65. The van der Waals surface area contributed by atoms with Crippen molar-refractivity contribution in [3.05, 3.63) is 72.1 Å². The number of carbonyl (C=O) groups is 4. The van der Waals surface area contributed by atoms with Crippen LogP contribution in [-0.2, 0) is 9.59 Å². The Kier molecular flexibility index (Phi) is 6.69. The Balaban J connectivity index is 2.17. The van der Waals surface area contributed by atoms with Gasteiger partial charge in [0.05, 0.1) is 0 Å². The molecule has 0 aliphatic heterocycles. The maximum atomic E-state index is 11.9. The summed E-state index contributed by atoms with van der Waals surface area (Å²) in [5.74, 6) is -3.44. The fraction of sp³-hybridized carbons (Fsp3) is 0. The molecule has 10 heteroatoms. The minimum atomic E-state index is -1.82. The molecule has 0 bridgehead atoms. The van der Waals surface area contributed by atoms with Gasteiger partial charge in [0.1, 0.15) is 11.5 Å². The molecule has 0 aliphatic carbocycles. The largest absolute Gasteiger partial charge is 0.477 e. The summed E-state index contributed by atoms with van der Waals surface area (Å²) < 4.78 is 9.68. The van der Waals surface area contributed by atoms with Gasteiger partial charge in [0.25, 0.3) is 0 Å². The highest BCUT2D eigenvalue weighted by Crippen LogP contribution is 2.11. The van der Waals surface area contributed by atoms with E-state index in [0.717, 1.165) is 0 Å². The minimum Gasteiger partial charge on any atom is -0.477 e. The zero-order valence-electron chi connectivity index (χ0n) is 14.1. The van der Waals surface area contributed by atoms with Crippen molar-refractivity contribution in [2.45, 2.75) is 0 Å². The summed E-state index contributed by atoms with van der Waals surface area (Å²) in [6.07, 6.45) is -2.53. The topological polar surface area (TPSA) is 151 Å². The molecule has 0 heterocycles. The zero-order chi connectivity index (χ0) is 20.5. The molecule has 0 radical (unpaired) electrons. The van der Waals surface area contributed by atoms with Gasteiger partial charge in [0.2, 0.25) is 0 Å². The van der Waals surface area contributed by atoms with Crippen LogP contribution in [0.25, 0.3) is 0 Å². The highest BCUT2D eigenvalue weighted by molar-refractivity contribution is 6.02. The molecule has 2 rings (SSSR count). The van der Waals surface area contributed by atoms with E-state index in [1.165, 1.54) is 24.3 Å². The fourth-order valence-electron chi connectivity index (χ4n) is 1.89. The molecular weight excluding hydrogens is 372 g/mol. The van der Waals surface area contributed by atoms with Gasteiger partial charge in [-0.05, 0) is 24.3 Å². The normalized spacial score (nSPS) is 10.9. The van der Waals surface area contributed by atoms with Gasteiger partial charge in [-0.1, -0.05) is 36.4 Å². The van der Waals surface area contributed by atoms with Crippen molar-refractivity contribution >= 4 is 24.1 Å². The van der Waals surface area contributed by atoms with Crippen LogP contribution in [0.3, 0.4) is 0 Å². The van der Waals surface area contributed by atoms with E-state index >= 15 is 0 Å². The molecule has 0 fully saturated rings. The van der Waals surface area contributed by atoms with Crippen molar-refractivity contribution < 1.29 is 38.9 Å². The van der Waals surface area contributed by atoms with Gasteiger partial charge < -0.3 is 19.7 Å². The van der Waals surface area contributed by atoms with Gasteiger partial charge in [0, 0.05) is 0 Å². The third-order valence-electron chi connectivity index (χ3n) is 3.04. The first-order chi connectivity index (χ1) is 13.4. The minimum absolute atomic E-state index is 0.0954. The highest BCUT2D eigenvalue weighted by Gasteiger charge is 2.25. The van der Waals surface area contributed by atoms with Gasteiger partial charge in [-0.3, -0.25) is 10.6 Å². The molecule has 144 valence electrons. The standard InChI is InChI=1S/C18H14N2O8/c21-15(22)13(19-17(25)27-11-7-3-1-4-8-11)14(16(23)24)20-18(26)28-12-9-5-2-6-10-12/h1-10H,(H,19,25)(H,20,26)(H,21,22)(H,23,24)/b14-13+. The molecule has 4 N–H and O–H groups in total. The summed E-state index contributed by atoms with van der Waals surface area (Å²) >= 11 is 0. The molecule has 0 saturated heterocycles. The van der Waals surface area contributed by atoms with Crippen LogP contribution in [0, 0.1) is 0 Å². The molecule has 0 saturated carbocycles. The number of para-hydroxylation sites is 2. The number of ether oxygens (including phenoxy) is 2. The fourth-order valence-corrected chi connectivity index (χ4v) is 1.89.